The SMILES string of the molecule is N#Cc1ncc(N2CCC(C(=O)Nc3ccc(N4CCC(CN5CC6(CCN(c7ccc8c(c7)C(=O)N(C7CCC(=O)NC7=O)C8=O)CC6)C5)CC4)cn3)CC2)cc1C(F)(F)F. The first kappa shape index (κ1) is 41.3. The number of piperidine rings is 4. The molecular formula is C44H47F3N10O5. The molecule has 1 aromatic carbocycles. The number of alkyl halides is 3. The van der Waals surface area contributed by atoms with E-state index in [2.05, 4.69) is 35.3 Å². The number of imide groups is 2. The number of hydrogen-bond donors (Lipinski definition) is 2. The monoisotopic (exact) mass is 852 g/mol. The first-order valence-electron chi connectivity index (χ1n) is 21.3. The molecule has 0 bridgehead atoms. The van der Waals surface area contributed by atoms with Gasteiger partial charge in [0.1, 0.15) is 17.9 Å². The number of benzene rings is 1. The number of amides is 5. The summed E-state index contributed by atoms with van der Waals surface area (Å²) in [5, 5.41) is 14.2. The van der Waals surface area contributed by atoms with Crippen LogP contribution in [0.3, 0.4) is 0 Å². The van der Waals surface area contributed by atoms with E-state index in [1.165, 1.54) is 12.3 Å². The number of anilines is 4. The molecule has 0 aliphatic carbocycles. The van der Waals surface area contributed by atoms with Crippen LogP contribution in [0.15, 0.2) is 48.8 Å². The van der Waals surface area contributed by atoms with Crippen LogP contribution in [0.5, 0.6) is 0 Å². The molecule has 6 aliphatic rings. The van der Waals surface area contributed by atoms with Crippen molar-refractivity contribution in [3.8, 4) is 6.07 Å². The summed E-state index contributed by atoms with van der Waals surface area (Å²) >= 11 is 0. The molecule has 18 heteroatoms. The second kappa shape index (κ2) is 16.3. The van der Waals surface area contributed by atoms with Crippen LogP contribution in [0, 0.1) is 28.6 Å². The largest absolute Gasteiger partial charge is 0.419 e. The van der Waals surface area contributed by atoms with Crippen LogP contribution in [-0.2, 0) is 20.6 Å². The minimum atomic E-state index is -4.69. The van der Waals surface area contributed by atoms with Crippen LogP contribution in [0.4, 0.5) is 36.1 Å². The van der Waals surface area contributed by atoms with Crippen molar-refractivity contribution >= 4 is 52.4 Å². The van der Waals surface area contributed by atoms with Gasteiger partial charge >= 0.3 is 6.18 Å². The van der Waals surface area contributed by atoms with Crippen molar-refractivity contribution in [2.45, 2.75) is 63.6 Å². The summed E-state index contributed by atoms with van der Waals surface area (Å²) in [4.78, 5) is 81.8. The van der Waals surface area contributed by atoms with E-state index >= 15 is 0 Å². The van der Waals surface area contributed by atoms with E-state index in [-0.39, 0.29) is 35.8 Å². The van der Waals surface area contributed by atoms with Gasteiger partial charge in [-0.05, 0) is 92.7 Å². The molecule has 3 aromatic rings. The third kappa shape index (κ3) is 8.05. The van der Waals surface area contributed by atoms with Gasteiger partial charge in [0, 0.05) is 76.9 Å². The van der Waals surface area contributed by atoms with E-state index in [4.69, 9.17) is 5.26 Å². The fraction of sp³-hybridized carbons (Fsp3) is 0.500. The first-order valence-corrected chi connectivity index (χ1v) is 21.3. The molecule has 2 aromatic heterocycles. The van der Waals surface area contributed by atoms with Gasteiger partial charge in [0.2, 0.25) is 17.7 Å². The van der Waals surface area contributed by atoms with Crippen LogP contribution >= 0.6 is 0 Å². The lowest BCUT2D eigenvalue weighted by Gasteiger charge is -2.55. The minimum absolute atomic E-state index is 0.0845. The molecule has 5 saturated heterocycles. The number of hydrogen-bond acceptors (Lipinski definition) is 12. The number of nitrogens with one attached hydrogen (secondary N) is 2. The molecular weight excluding hydrogens is 806 g/mol. The molecule has 0 radical (unpaired) electrons. The number of pyridine rings is 2. The molecule has 5 fully saturated rings. The highest BCUT2D eigenvalue weighted by Crippen LogP contribution is 2.43. The Bertz CT molecular complexity index is 2320. The van der Waals surface area contributed by atoms with E-state index in [0.717, 1.165) is 93.8 Å². The van der Waals surface area contributed by atoms with E-state index in [1.807, 2.05) is 18.2 Å². The molecule has 5 amide bonds. The van der Waals surface area contributed by atoms with Gasteiger partial charge < -0.3 is 24.9 Å². The zero-order valence-corrected chi connectivity index (χ0v) is 34.1. The summed E-state index contributed by atoms with van der Waals surface area (Å²) in [6.07, 6.45) is 3.74. The Morgan fingerprint density at radius 1 is 0.806 bits per heavy atom. The van der Waals surface area contributed by atoms with Gasteiger partial charge in [0.25, 0.3) is 11.8 Å². The average Bonchev–Trinajstić information content (AvgIpc) is 3.51. The molecule has 62 heavy (non-hydrogen) atoms. The highest BCUT2D eigenvalue weighted by atomic mass is 19.4. The second-order valence-corrected chi connectivity index (χ2v) is 17.6. The second-order valence-electron chi connectivity index (χ2n) is 17.6. The maximum absolute atomic E-state index is 13.4. The van der Waals surface area contributed by atoms with Crippen molar-refractivity contribution in [1.29, 1.82) is 5.26 Å². The molecule has 324 valence electrons. The molecule has 0 saturated carbocycles. The Morgan fingerprint density at radius 2 is 1.45 bits per heavy atom. The predicted molar refractivity (Wildman–Crippen MR) is 220 cm³/mol. The third-order valence-corrected chi connectivity index (χ3v) is 13.7. The maximum atomic E-state index is 13.4. The molecule has 2 N–H and O–H groups in total. The van der Waals surface area contributed by atoms with Crippen LogP contribution in [-0.4, -0.2) is 114 Å². The highest BCUT2D eigenvalue weighted by molar-refractivity contribution is 6.23. The maximum Gasteiger partial charge on any atom is 0.419 e. The molecule has 8 heterocycles. The van der Waals surface area contributed by atoms with E-state index in [9.17, 15) is 37.1 Å². The summed E-state index contributed by atoms with van der Waals surface area (Å²) in [6, 6.07) is 10.6. The fourth-order valence-electron chi connectivity index (χ4n) is 10.2. The Labute approximate surface area is 356 Å². The number of carbonyl (C=O) groups excluding carboxylic acids is 5. The van der Waals surface area contributed by atoms with Crippen molar-refractivity contribution in [2.75, 3.05) is 78.9 Å². The number of halogens is 3. The van der Waals surface area contributed by atoms with E-state index in [0.29, 0.717) is 48.8 Å². The smallest absolute Gasteiger partial charge is 0.371 e. The lowest BCUT2D eigenvalue weighted by Crippen LogP contribution is -2.61. The number of nitriles is 1. The van der Waals surface area contributed by atoms with Gasteiger partial charge in [-0.15, -0.1) is 0 Å². The lowest BCUT2D eigenvalue weighted by molar-refractivity contribution is -0.138. The van der Waals surface area contributed by atoms with E-state index in [1.54, 1.807) is 23.2 Å². The van der Waals surface area contributed by atoms with Gasteiger partial charge in [-0.1, -0.05) is 0 Å². The van der Waals surface area contributed by atoms with Gasteiger partial charge in [-0.2, -0.15) is 18.4 Å². The normalized spacial score (nSPS) is 22.4. The summed E-state index contributed by atoms with van der Waals surface area (Å²) in [6.45, 7) is 7.55. The van der Waals surface area contributed by atoms with Crippen molar-refractivity contribution < 1.29 is 37.1 Å². The Balaban J connectivity index is 0.690. The van der Waals surface area contributed by atoms with Gasteiger partial charge in [-0.25, -0.2) is 9.97 Å². The van der Waals surface area contributed by atoms with Gasteiger partial charge in [-0.3, -0.25) is 34.2 Å². The molecule has 1 unspecified atom stereocenters. The number of likely N-dealkylation sites (tertiary alicyclic amines) is 1. The zero-order chi connectivity index (χ0) is 43.3. The summed E-state index contributed by atoms with van der Waals surface area (Å²) < 4.78 is 40.3. The highest BCUT2D eigenvalue weighted by Gasteiger charge is 2.47. The van der Waals surface area contributed by atoms with Crippen molar-refractivity contribution in [2.24, 2.45) is 17.3 Å². The van der Waals surface area contributed by atoms with Crippen molar-refractivity contribution in [1.82, 2.24) is 25.1 Å². The molecule has 15 nitrogen and oxygen atoms in total. The van der Waals surface area contributed by atoms with Crippen LogP contribution in [0.25, 0.3) is 0 Å². The third-order valence-electron chi connectivity index (χ3n) is 13.7. The Morgan fingerprint density at radius 3 is 2.11 bits per heavy atom. The van der Waals surface area contributed by atoms with Gasteiger partial charge in [0.15, 0.2) is 5.69 Å². The van der Waals surface area contributed by atoms with Crippen molar-refractivity contribution in [3.63, 3.8) is 0 Å². The zero-order valence-electron chi connectivity index (χ0n) is 34.1. The molecule has 9 rings (SSSR count). The Kier molecular flexibility index (Phi) is 10.9. The number of aromatic nitrogens is 2. The summed E-state index contributed by atoms with van der Waals surface area (Å²) in [5.41, 5.74) is 1.34. The van der Waals surface area contributed by atoms with Crippen molar-refractivity contribution in [3.05, 3.63) is 71.2 Å². The number of carbonyl (C=O) groups is 5. The van der Waals surface area contributed by atoms with Crippen LogP contribution in [0.1, 0.15) is 83.3 Å². The summed E-state index contributed by atoms with van der Waals surface area (Å²) in [7, 11) is 0. The van der Waals surface area contributed by atoms with Crippen LogP contribution in [0.2, 0.25) is 0 Å². The topological polar surface area (TPSA) is 175 Å². The molecule has 1 atom stereocenters. The Hall–Kier alpha value is -6.09. The summed E-state index contributed by atoms with van der Waals surface area (Å²) in [5.74, 6) is -1.42. The average molecular weight is 853 g/mol. The quantitative estimate of drug-likeness (QED) is 0.306. The number of rotatable bonds is 8. The molecule has 6 aliphatic heterocycles. The number of fused-ring (bicyclic) bond motifs is 1. The fourth-order valence-corrected chi connectivity index (χ4v) is 10.2. The predicted octanol–water partition coefficient (Wildman–Crippen LogP) is 4.44. The molecule has 1 spiro atoms. The number of nitrogens with zero attached hydrogens (tertiary/aromatic N) is 8. The standard InChI is InChI=1S/C44H47F3N10O5/c45-44(46,47)34-20-31(23-49-35(34)21-48)55-15-9-28(10-16-55)39(59)51-37-5-2-30(22-50-37)54-13-7-27(8-14-54)24-53-25-43(26-53)11-17-56(18-12-43)29-1-3-32-33(19-29)42(62)57(41(32)61)36-4-6-38(58)52-40(36)60/h1-3,5,19-20,22-23,27-28,36H,4,6-18,24-26H2,(H,50,51,59)(H,52,58,60). The van der Waals surface area contributed by atoms with E-state index < -0.39 is 47.1 Å². The lowest BCUT2D eigenvalue weighted by atomic mass is 9.71. The van der Waals surface area contributed by atoms with Gasteiger partial charge in [0.05, 0.1) is 40.5 Å². The first-order chi connectivity index (χ1) is 29.8. The van der Waals surface area contributed by atoms with Crippen LogP contribution < -0.4 is 25.3 Å². The minimum Gasteiger partial charge on any atom is -0.371 e.